The van der Waals surface area contributed by atoms with Crippen molar-refractivity contribution in [1.29, 1.82) is 0 Å². The van der Waals surface area contributed by atoms with Crippen LogP contribution in [0.15, 0.2) is 18.2 Å². The molecule has 0 bridgehead atoms. The third kappa shape index (κ3) is 2.19. The smallest absolute Gasteiger partial charge is 0.0611 e. The van der Waals surface area contributed by atoms with Crippen molar-refractivity contribution in [2.24, 2.45) is 5.73 Å². The molecule has 2 atom stereocenters. The van der Waals surface area contributed by atoms with Gasteiger partial charge in [0.1, 0.15) is 0 Å². The van der Waals surface area contributed by atoms with E-state index in [1.165, 1.54) is 31.2 Å². The van der Waals surface area contributed by atoms with Crippen molar-refractivity contribution in [3.63, 3.8) is 0 Å². The minimum absolute atomic E-state index is 0.119. The van der Waals surface area contributed by atoms with Gasteiger partial charge in [0.15, 0.2) is 0 Å². The van der Waals surface area contributed by atoms with Crippen LogP contribution in [0, 0.1) is 0 Å². The topological polar surface area (TPSA) is 46.2 Å². The molecule has 3 rings (SSSR count). The van der Waals surface area contributed by atoms with Crippen LogP contribution < -0.4 is 5.73 Å². The summed E-state index contributed by atoms with van der Waals surface area (Å²) in [5, 5.41) is 9.36. The Labute approximate surface area is 109 Å². The number of aliphatic hydroxyl groups is 1. The normalized spacial score (nSPS) is 31.3. The molecule has 0 spiro atoms. The molecule has 0 unspecified atom stereocenters. The zero-order chi connectivity index (χ0) is 12.6. The molecule has 1 saturated carbocycles. The summed E-state index contributed by atoms with van der Waals surface area (Å²) in [5.74, 6) is 0.550. The van der Waals surface area contributed by atoms with Crippen LogP contribution in [-0.2, 0) is 12.8 Å². The van der Waals surface area contributed by atoms with E-state index >= 15 is 0 Å². The Morgan fingerprint density at radius 3 is 2.72 bits per heavy atom. The SMILES string of the molecule is N[C@]1(CO)CC[C@H](c2ccc3c(c2)CCCC3)C1. The van der Waals surface area contributed by atoms with Gasteiger partial charge < -0.3 is 10.8 Å². The van der Waals surface area contributed by atoms with Gasteiger partial charge in [-0.25, -0.2) is 0 Å². The minimum Gasteiger partial charge on any atom is -0.394 e. The highest BCUT2D eigenvalue weighted by Crippen LogP contribution is 2.40. The molecule has 1 aromatic rings. The van der Waals surface area contributed by atoms with E-state index in [1.54, 1.807) is 11.1 Å². The van der Waals surface area contributed by atoms with E-state index in [0.29, 0.717) is 5.92 Å². The highest BCUT2D eigenvalue weighted by atomic mass is 16.3. The fourth-order valence-corrected chi connectivity index (χ4v) is 3.59. The quantitative estimate of drug-likeness (QED) is 0.841. The second-order valence-corrected chi connectivity index (χ2v) is 6.20. The predicted molar refractivity (Wildman–Crippen MR) is 73.7 cm³/mol. The van der Waals surface area contributed by atoms with Gasteiger partial charge in [-0.15, -0.1) is 0 Å². The van der Waals surface area contributed by atoms with Crippen LogP contribution in [0.3, 0.4) is 0 Å². The summed E-state index contributed by atoms with van der Waals surface area (Å²) in [6.07, 6.45) is 8.16. The number of nitrogens with two attached hydrogens (primary N) is 1. The molecule has 0 saturated heterocycles. The molecule has 3 N–H and O–H groups in total. The van der Waals surface area contributed by atoms with Crippen LogP contribution in [-0.4, -0.2) is 17.3 Å². The summed E-state index contributed by atoms with van der Waals surface area (Å²) in [6, 6.07) is 7.01. The Morgan fingerprint density at radius 1 is 1.22 bits per heavy atom. The molecule has 18 heavy (non-hydrogen) atoms. The maximum Gasteiger partial charge on any atom is 0.0611 e. The molecule has 2 aliphatic carbocycles. The van der Waals surface area contributed by atoms with Gasteiger partial charge in [0.05, 0.1) is 6.61 Å². The number of hydrogen-bond donors (Lipinski definition) is 2. The summed E-state index contributed by atoms with van der Waals surface area (Å²) in [5.41, 5.74) is 10.4. The third-order valence-electron chi connectivity index (χ3n) is 4.80. The molecule has 98 valence electrons. The Balaban J connectivity index is 1.81. The first-order chi connectivity index (χ1) is 8.70. The van der Waals surface area contributed by atoms with E-state index in [1.807, 2.05) is 0 Å². The number of fused-ring (bicyclic) bond motifs is 1. The van der Waals surface area contributed by atoms with E-state index in [9.17, 15) is 5.11 Å². The largest absolute Gasteiger partial charge is 0.394 e. The summed E-state index contributed by atoms with van der Waals surface area (Å²) >= 11 is 0. The van der Waals surface area contributed by atoms with Crippen LogP contribution in [0.4, 0.5) is 0 Å². The summed E-state index contributed by atoms with van der Waals surface area (Å²) in [4.78, 5) is 0. The van der Waals surface area contributed by atoms with Crippen LogP contribution in [0.25, 0.3) is 0 Å². The molecule has 0 radical (unpaired) electrons. The first-order valence-corrected chi connectivity index (χ1v) is 7.22. The maximum atomic E-state index is 9.36. The van der Waals surface area contributed by atoms with Gasteiger partial charge >= 0.3 is 0 Å². The lowest BCUT2D eigenvalue weighted by molar-refractivity contribution is 0.198. The number of aliphatic hydroxyl groups excluding tert-OH is 1. The first-order valence-electron chi connectivity index (χ1n) is 7.22. The zero-order valence-corrected chi connectivity index (χ0v) is 11.0. The van der Waals surface area contributed by atoms with Gasteiger partial charge in [-0.1, -0.05) is 18.2 Å². The second kappa shape index (κ2) is 4.67. The van der Waals surface area contributed by atoms with E-state index < -0.39 is 0 Å². The van der Waals surface area contributed by atoms with Gasteiger partial charge in [-0.2, -0.15) is 0 Å². The van der Waals surface area contributed by atoms with E-state index in [-0.39, 0.29) is 12.1 Å². The van der Waals surface area contributed by atoms with E-state index in [0.717, 1.165) is 19.3 Å². The molecular weight excluding hydrogens is 222 g/mol. The van der Waals surface area contributed by atoms with Crippen LogP contribution in [0.5, 0.6) is 0 Å². The van der Waals surface area contributed by atoms with Crippen LogP contribution >= 0.6 is 0 Å². The van der Waals surface area contributed by atoms with Crippen molar-refractivity contribution in [3.05, 3.63) is 34.9 Å². The molecule has 0 heterocycles. The molecular formula is C16H23NO. The van der Waals surface area contributed by atoms with Crippen molar-refractivity contribution in [2.45, 2.75) is 56.4 Å². The van der Waals surface area contributed by atoms with Gasteiger partial charge in [-0.05, 0) is 67.6 Å². The molecule has 1 fully saturated rings. The lowest BCUT2D eigenvalue weighted by atomic mass is 9.86. The molecule has 1 aromatic carbocycles. The first kappa shape index (κ1) is 12.2. The standard InChI is InChI=1S/C16H23NO/c17-16(11-18)8-7-15(10-16)14-6-5-12-3-1-2-4-13(12)9-14/h5-6,9,15,18H,1-4,7-8,10-11,17H2/t15-,16+/m0/s1. The number of rotatable bonds is 2. The molecule has 0 aromatic heterocycles. The highest BCUT2D eigenvalue weighted by Gasteiger charge is 2.35. The second-order valence-electron chi connectivity index (χ2n) is 6.20. The summed E-state index contributed by atoms with van der Waals surface area (Å²) < 4.78 is 0. The van der Waals surface area contributed by atoms with Gasteiger partial charge in [-0.3, -0.25) is 0 Å². The maximum absolute atomic E-state index is 9.36. The lowest BCUT2D eigenvalue weighted by Crippen LogP contribution is -2.40. The fraction of sp³-hybridized carbons (Fsp3) is 0.625. The third-order valence-corrected chi connectivity index (χ3v) is 4.80. The van der Waals surface area contributed by atoms with Gasteiger partial charge in [0, 0.05) is 5.54 Å². The van der Waals surface area contributed by atoms with Crippen molar-refractivity contribution >= 4 is 0 Å². The minimum atomic E-state index is -0.333. The van der Waals surface area contributed by atoms with Crippen molar-refractivity contribution in [3.8, 4) is 0 Å². The van der Waals surface area contributed by atoms with Crippen molar-refractivity contribution in [2.75, 3.05) is 6.61 Å². The Bertz CT molecular complexity index is 443. The van der Waals surface area contributed by atoms with E-state index in [2.05, 4.69) is 18.2 Å². The van der Waals surface area contributed by atoms with Crippen LogP contribution in [0.2, 0.25) is 0 Å². The average Bonchev–Trinajstić information content (AvgIpc) is 2.82. The summed E-state index contributed by atoms with van der Waals surface area (Å²) in [7, 11) is 0. The average molecular weight is 245 g/mol. The van der Waals surface area contributed by atoms with E-state index in [4.69, 9.17) is 5.73 Å². The number of aryl methyl sites for hydroxylation is 2. The Hall–Kier alpha value is -0.860. The lowest BCUT2D eigenvalue weighted by Gasteiger charge is -2.22. The number of hydrogen-bond acceptors (Lipinski definition) is 2. The predicted octanol–water partition coefficient (Wildman–Crippen LogP) is 2.52. The number of benzene rings is 1. The van der Waals surface area contributed by atoms with Crippen LogP contribution in [0.1, 0.15) is 54.7 Å². The Morgan fingerprint density at radius 2 is 2.00 bits per heavy atom. The molecule has 2 heteroatoms. The molecule has 0 aliphatic heterocycles. The highest BCUT2D eigenvalue weighted by molar-refractivity contribution is 5.36. The molecule has 2 nitrogen and oxygen atoms in total. The monoisotopic (exact) mass is 245 g/mol. The van der Waals surface area contributed by atoms with Gasteiger partial charge in [0.2, 0.25) is 0 Å². The van der Waals surface area contributed by atoms with Crippen molar-refractivity contribution < 1.29 is 5.11 Å². The van der Waals surface area contributed by atoms with Crippen molar-refractivity contribution in [1.82, 2.24) is 0 Å². The fourth-order valence-electron chi connectivity index (χ4n) is 3.59. The summed E-state index contributed by atoms with van der Waals surface area (Å²) in [6.45, 7) is 0.119. The van der Waals surface area contributed by atoms with Gasteiger partial charge in [0.25, 0.3) is 0 Å². The molecule has 2 aliphatic rings. The molecule has 0 amide bonds. The zero-order valence-electron chi connectivity index (χ0n) is 11.0. The Kier molecular flexibility index (Phi) is 3.16.